The molecule has 0 saturated heterocycles. The van der Waals surface area contributed by atoms with Gasteiger partial charge in [-0.1, -0.05) is 6.07 Å². The maximum Gasteiger partial charge on any atom is 0.0736 e. The zero-order valence-corrected chi connectivity index (χ0v) is 11.9. The number of likely N-dealkylation sites (N-methyl/N-ethyl adjacent to an activating group) is 1. The van der Waals surface area contributed by atoms with Gasteiger partial charge in [0.1, 0.15) is 0 Å². The van der Waals surface area contributed by atoms with Gasteiger partial charge in [-0.15, -0.1) is 0 Å². The highest BCUT2D eigenvalue weighted by atomic mass is 16.5. The van der Waals surface area contributed by atoms with Gasteiger partial charge in [0, 0.05) is 38.5 Å². The van der Waals surface area contributed by atoms with Gasteiger partial charge in [-0.05, 0) is 33.0 Å². The molecular weight excluding hydrogens is 226 g/mol. The summed E-state index contributed by atoms with van der Waals surface area (Å²) >= 11 is 0. The van der Waals surface area contributed by atoms with E-state index in [4.69, 9.17) is 10.5 Å². The summed E-state index contributed by atoms with van der Waals surface area (Å²) < 4.78 is 5.44. The van der Waals surface area contributed by atoms with Crippen LogP contribution in [0.3, 0.4) is 0 Å². The first-order valence-corrected chi connectivity index (χ1v) is 6.38. The Bertz CT molecular complexity index is 344. The molecule has 1 heterocycles. The predicted molar refractivity (Wildman–Crippen MR) is 74.5 cm³/mol. The van der Waals surface area contributed by atoms with E-state index in [2.05, 4.69) is 30.8 Å². The lowest BCUT2D eigenvalue weighted by atomic mass is 9.93. The molecule has 0 radical (unpaired) electrons. The molecule has 0 aliphatic carbocycles. The standard InChI is InChI=1S/C14H25N3O/c1-12(18-4)14(2,11-15)17(3)10-8-13-7-5-6-9-16-13/h5-7,9,12H,8,10-11,15H2,1-4H3. The lowest BCUT2D eigenvalue weighted by molar-refractivity contribution is -0.0190. The summed E-state index contributed by atoms with van der Waals surface area (Å²) in [6.07, 6.45) is 2.84. The van der Waals surface area contributed by atoms with E-state index in [1.807, 2.05) is 24.4 Å². The average molecular weight is 251 g/mol. The van der Waals surface area contributed by atoms with Crippen LogP contribution in [0.2, 0.25) is 0 Å². The summed E-state index contributed by atoms with van der Waals surface area (Å²) in [6, 6.07) is 6.00. The van der Waals surface area contributed by atoms with Crippen molar-refractivity contribution in [2.24, 2.45) is 5.73 Å². The zero-order chi connectivity index (χ0) is 13.6. The lowest BCUT2D eigenvalue weighted by Crippen LogP contribution is -2.57. The highest BCUT2D eigenvalue weighted by molar-refractivity contribution is 5.04. The summed E-state index contributed by atoms with van der Waals surface area (Å²) in [4.78, 5) is 6.59. The van der Waals surface area contributed by atoms with Gasteiger partial charge in [-0.2, -0.15) is 0 Å². The fourth-order valence-electron chi connectivity index (χ4n) is 1.97. The number of rotatable bonds is 7. The van der Waals surface area contributed by atoms with E-state index >= 15 is 0 Å². The number of pyridine rings is 1. The second-order valence-corrected chi connectivity index (χ2v) is 4.93. The first-order valence-electron chi connectivity index (χ1n) is 6.38. The Balaban J connectivity index is 2.60. The highest BCUT2D eigenvalue weighted by Crippen LogP contribution is 2.19. The van der Waals surface area contributed by atoms with E-state index in [1.165, 1.54) is 0 Å². The average Bonchev–Trinajstić information content (AvgIpc) is 2.43. The molecule has 0 spiro atoms. The third kappa shape index (κ3) is 3.51. The fourth-order valence-corrected chi connectivity index (χ4v) is 1.97. The number of methoxy groups -OCH3 is 1. The van der Waals surface area contributed by atoms with E-state index < -0.39 is 0 Å². The van der Waals surface area contributed by atoms with Crippen molar-refractivity contribution in [3.05, 3.63) is 30.1 Å². The Morgan fingerprint density at radius 3 is 2.72 bits per heavy atom. The second kappa shape index (κ2) is 6.83. The summed E-state index contributed by atoms with van der Waals surface area (Å²) in [5.74, 6) is 0. The van der Waals surface area contributed by atoms with Crippen LogP contribution in [0.15, 0.2) is 24.4 Å². The first-order chi connectivity index (χ1) is 8.54. The van der Waals surface area contributed by atoms with E-state index in [9.17, 15) is 0 Å². The molecule has 2 unspecified atom stereocenters. The molecule has 0 fully saturated rings. The zero-order valence-electron chi connectivity index (χ0n) is 11.9. The van der Waals surface area contributed by atoms with Crippen LogP contribution >= 0.6 is 0 Å². The lowest BCUT2D eigenvalue weighted by Gasteiger charge is -2.42. The number of hydrogen-bond acceptors (Lipinski definition) is 4. The van der Waals surface area contributed by atoms with Gasteiger partial charge in [0.25, 0.3) is 0 Å². The van der Waals surface area contributed by atoms with Crippen LogP contribution in [-0.2, 0) is 11.2 Å². The van der Waals surface area contributed by atoms with Crippen molar-refractivity contribution in [2.75, 3.05) is 27.2 Å². The summed E-state index contributed by atoms with van der Waals surface area (Å²) in [7, 11) is 3.82. The predicted octanol–water partition coefficient (Wildman–Crippen LogP) is 1.31. The van der Waals surface area contributed by atoms with Gasteiger partial charge in [0.15, 0.2) is 0 Å². The minimum Gasteiger partial charge on any atom is -0.380 e. The molecule has 2 N–H and O–H groups in total. The smallest absolute Gasteiger partial charge is 0.0736 e. The van der Waals surface area contributed by atoms with Crippen molar-refractivity contribution in [1.82, 2.24) is 9.88 Å². The van der Waals surface area contributed by atoms with Gasteiger partial charge in [-0.25, -0.2) is 0 Å². The molecular formula is C14H25N3O. The van der Waals surface area contributed by atoms with E-state index in [-0.39, 0.29) is 11.6 Å². The van der Waals surface area contributed by atoms with Gasteiger partial charge in [0.05, 0.1) is 11.6 Å². The van der Waals surface area contributed by atoms with Gasteiger partial charge < -0.3 is 10.5 Å². The monoisotopic (exact) mass is 251 g/mol. The molecule has 18 heavy (non-hydrogen) atoms. The molecule has 102 valence electrons. The van der Waals surface area contributed by atoms with Crippen molar-refractivity contribution < 1.29 is 4.74 Å². The van der Waals surface area contributed by atoms with E-state index in [1.54, 1.807) is 7.11 Å². The minimum absolute atomic E-state index is 0.0937. The third-order valence-corrected chi connectivity index (χ3v) is 3.94. The Hall–Kier alpha value is -0.970. The number of nitrogens with two attached hydrogens (primary N) is 1. The van der Waals surface area contributed by atoms with Crippen molar-refractivity contribution in [1.29, 1.82) is 0 Å². The van der Waals surface area contributed by atoms with Crippen molar-refractivity contribution >= 4 is 0 Å². The second-order valence-electron chi connectivity index (χ2n) is 4.93. The maximum absolute atomic E-state index is 5.92. The molecule has 2 atom stereocenters. The Morgan fingerprint density at radius 1 is 1.50 bits per heavy atom. The molecule has 1 aromatic heterocycles. The molecule has 0 aromatic carbocycles. The molecule has 0 bridgehead atoms. The van der Waals surface area contributed by atoms with Crippen LogP contribution in [0.5, 0.6) is 0 Å². The largest absolute Gasteiger partial charge is 0.380 e. The first kappa shape index (κ1) is 15.1. The van der Waals surface area contributed by atoms with Crippen LogP contribution in [0.4, 0.5) is 0 Å². The maximum atomic E-state index is 5.92. The number of ether oxygens (including phenoxy) is 1. The molecule has 4 heteroatoms. The van der Waals surface area contributed by atoms with Crippen molar-refractivity contribution in [3.8, 4) is 0 Å². The minimum atomic E-state index is -0.149. The molecule has 0 amide bonds. The summed E-state index contributed by atoms with van der Waals surface area (Å²) in [5, 5.41) is 0. The van der Waals surface area contributed by atoms with Gasteiger partial charge in [0.2, 0.25) is 0 Å². The molecule has 0 saturated carbocycles. The third-order valence-electron chi connectivity index (χ3n) is 3.94. The van der Waals surface area contributed by atoms with Gasteiger partial charge in [-0.3, -0.25) is 9.88 Å². The number of aromatic nitrogens is 1. The topological polar surface area (TPSA) is 51.4 Å². The van der Waals surface area contributed by atoms with Crippen molar-refractivity contribution in [2.45, 2.75) is 31.9 Å². The van der Waals surface area contributed by atoms with Crippen molar-refractivity contribution in [3.63, 3.8) is 0 Å². The van der Waals surface area contributed by atoms with Crippen LogP contribution in [0.1, 0.15) is 19.5 Å². The van der Waals surface area contributed by atoms with Crippen LogP contribution < -0.4 is 5.73 Å². The molecule has 1 rings (SSSR count). The summed E-state index contributed by atoms with van der Waals surface area (Å²) in [6.45, 7) is 5.68. The molecule has 4 nitrogen and oxygen atoms in total. The van der Waals surface area contributed by atoms with Crippen LogP contribution in [-0.4, -0.2) is 48.8 Å². The Labute approximate surface area is 110 Å². The van der Waals surface area contributed by atoms with Crippen LogP contribution in [0.25, 0.3) is 0 Å². The molecule has 1 aromatic rings. The summed E-state index contributed by atoms with van der Waals surface area (Å²) in [5.41, 5.74) is 6.87. The SMILES string of the molecule is COC(C)C(C)(CN)N(C)CCc1ccccn1. The van der Waals surface area contributed by atoms with Crippen LogP contribution in [0, 0.1) is 0 Å². The molecule has 0 aliphatic heterocycles. The fraction of sp³-hybridized carbons (Fsp3) is 0.643. The Morgan fingerprint density at radius 2 is 2.22 bits per heavy atom. The van der Waals surface area contributed by atoms with Gasteiger partial charge >= 0.3 is 0 Å². The normalized spacial score (nSPS) is 16.6. The van der Waals surface area contributed by atoms with E-state index in [0.29, 0.717) is 6.54 Å². The highest BCUT2D eigenvalue weighted by Gasteiger charge is 2.33. The molecule has 0 aliphatic rings. The Kier molecular flexibility index (Phi) is 5.72. The quantitative estimate of drug-likeness (QED) is 0.794. The number of nitrogens with zero attached hydrogens (tertiary/aromatic N) is 2. The number of hydrogen-bond donors (Lipinski definition) is 1. The van der Waals surface area contributed by atoms with E-state index in [0.717, 1.165) is 18.7 Å².